The smallest absolute Gasteiger partial charge is 0.304 e. The molecule has 1 N–H and O–H groups in total. The van der Waals surface area contributed by atoms with E-state index in [1.807, 2.05) is 17.9 Å². The summed E-state index contributed by atoms with van der Waals surface area (Å²) < 4.78 is 47.9. The van der Waals surface area contributed by atoms with Crippen LogP contribution in [0.1, 0.15) is 107 Å². The lowest BCUT2D eigenvalue weighted by atomic mass is 9.74. The minimum absolute atomic E-state index is 0.0217. The standard InChI is InChI=1S/C36H50FN3O6S/c1-24(23-37)26-11-13-28(14-12-26)36(43)40-19-16-30(27-8-4-2-5-9-27)34(40)31(41)21-25-10-15-32-29(20-25)22-33(46-32)35(42)38-47(44,45)39-17-6-3-7-18-39/h10,15,20,22,24,26-28,30,34H,2-9,11-14,16-19,21,23H2,1H3,(H,38,42)/t24-,26?,28?,30+,34+/m1/s1. The van der Waals surface area contributed by atoms with Crippen LogP contribution in [0.5, 0.6) is 0 Å². The van der Waals surface area contributed by atoms with Gasteiger partial charge in [0.1, 0.15) is 5.58 Å². The third-order valence-corrected chi connectivity index (χ3v) is 13.0. The monoisotopic (exact) mass is 671 g/mol. The highest BCUT2D eigenvalue weighted by Crippen LogP contribution is 2.42. The Hall–Kier alpha value is -2.79. The molecule has 4 fully saturated rings. The van der Waals surface area contributed by atoms with Crippen molar-refractivity contribution in [2.75, 3.05) is 26.3 Å². The number of hydrogen-bond donors (Lipinski definition) is 1. The Bertz CT molecular complexity index is 1540. The Balaban J connectivity index is 1.16. The van der Waals surface area contributed by atoms with Crippen molar-refractivity contribution in [1.29, 1.82) is 0 Å². The van der Waals surface area contributed by atoms with Crippen LogP contribution >= 0.6 is 0 Å². The average molecular weight is 672 g/mol. The number of hydrogen-bond acceptors (Lipinski definition) is 6. The van der Waals surface area contributed by atoms with Crippen molar-refractivity contribution in [2.45, 2.75) is 103 Å². The molecule has 2 saturated carbocycles. The second-order valence-electron chi connectivity index (χ2n) is 14.6. The number of benzene rings is 1. The molecule has 1 aromatic carbocycles. The number of carbonyl (C=O) groups is 3. The highest BCUT2D eigenvalue weighted by molar-refractivity contribution is 7.87. The first kappa shape index (κ1) is 34.1. The lowest BCUT2D eigenvalue weighted by molar-refractivity contribution is -0.143. The van der Waals surface area contributed by atoms with E-state index in [2.05, 4.69) is 4.72 Å². The molecule has 9 nitrogen and oxygen atoms in total. The minimum atomic E-state index is -3.96. The number of halogens is 1. The number of Topliss-reactive ketones (excluding diaryl/α,β-unsaturated/α-hetero) is 1. The Morgan fingerprint density at radius 2 is 1.62 bits per heavy atom. The van der Waals surface area contributed by atoms with E-state index in [0.29, 0.717) is 42.4 Å². The zero-order valence-corrected chi connectivity index (χ0v) is 28.4. The predicted molar refractivity (Wildman–Crippen MR) is 178 cm³/mol. The highest BCUT2D eigenvalue weighted by atomic mass is 32.2. The van der Waals surface area contributed by atoms with Gasteiger partial charge in [0.25, 0.3) is 0 Å². The Labute approximate surface area is 278 Å². The zero-order valence-electron chi connectivity index (χ0n) is 27.6. The first-order chi connectivity index (χ1) is 22.6. The molecule has 0 radical (unpaired) electrons. The molecule has 3 atom stereocenters. The Kier molecular flexibility index (Phi) is 10.7. The SMILES string of the molecule is C[C@H](CF)C1CCC(C(=O)N2CC[C@@H](C3CCCCC3)[C@H]2C(=O)Cc2ccc3oc(C(=O)NS(=O)(=O)N4CCCCC4)cc3c2)CC1. The van der Waals surface area contributed by atoms with Crippen LogP contribution in [0.15, 0.2) is 28.7 Å². The number of likely N-dealkylation sites (tertiary alicyclic amines) is 1. The van der Waals surface area contributed by atoms with Crippen LogP contribution in [0.25, 0.3) is 11.0 Å². The fourth-order valence-electron chi connectivity index (χ4n) is 8.79. The second-order valence-corrected chi connectivity index (χ2v) is 16.3. The summed E-state index contributed by atoms with van der Waals surface area (Å²) >= 11 is 0. The molecule has 2 aromatic rings. The van der Waals surface area contributed by atoms with Gasteiger partial charge in [-0.1, -0.05) is 51.5 Å². The summed E-state index contributed by atoms with van der Waals surface area (Å²) in [5.41, 5.74) is 1.19. The summed E-state index contributed by atoms with van der Waals surface area (Å²) in [6.07, 6.45) is 12.5. The van der Waals surface area contributed by atoms with Crippen molar-refractivity contribution < 1.29 is 31.6 Å². The van der Waals surface area contributed by atoms with Gasteiger partial charge < -0.3 is 9.32 Å². The van der Waals surface area contributed by atoms with Gasteiger partial charge in [-0.05, 0) is 92.4 Å². The number of rotatable bonds is 10. The van der Waals surface area contributed by atoms with E-state index in [-0.39, 0.29) is 48.3 Å². The minimum Gasteiger partial charge on any atom is -0.451 e. The molecule has 0 unspecified atom stereocenters. The number of nitrogens with one attached hydrogen (secondary N) is 1. The van der Waals surface area contributed by atoms with Crippen LogP contribution in [0.3, 0.4) is 0 Å². The molecule has 3 heterocycles. The van der Waals surface area contributed by atoms with Crippen LogP contribution in [-0.2, 0) is 26.2 Å². The Morgan fingerprint density at radius 3 is 2.32 bits per heavy atom. The number of nitrogens with zero attached hydrogens (tertiary/aromatic N) is 2. The fraction of sp³-hybridized carbons (Fsp3) is 0.694. The zero-order chi connectivity index (χ0) is 33.1. The van der Waals surface area contributed by atoms with Crippen LogP contribution in [0.4, 0.5) is 4.39 Å². The van der Waals surface area contributed by atoms with Gasteiger partial charge in [0, 0.05) is 37.4 Å². The molecule has 258 valence electrons. The number of piperidine rings is 1. The quantitative estimate of drug-likeness (QED) is 0.321. The molecule has 11 heteroatoms. The summed E-state index contributed by atoms with van der Waals surface area (Å²) in [6, 6.07) is 6.40. The van der Waals surface area contributed by atoms with Crippen LogP contribution in [-0.4, -0.2) is 67.6 Å². The van der Waals surface area contributed by atoms with E-state index in [0.717, 1.165) is 69.8 Å². The molecule has 4 aliphatic rings. The van der Waals surface area contributed by atoms with Gasteiger partial charge in [-0.25, -0.2) is 4.72 Å². The molecule has 6 rings (SSSR count). The van der Waals surface area contributed by atoms with E-state index >= 15 is 0 Å². The van der Waals surface area contributed by atoms with Gasteiger partial charge in [-0.2, -0.15) is 12.7 Å². The van der Waals surface area contributed by atoms with Crippen LogP contribution in [0, 0.1) is 29.6 Å². The average Bonchev–Trinajstić information content (AvgIpc) is 3.73. The van der Waals surface area contributed by atoms with Crippen LogP contribution in [0.2, 0.25) is 0 Å². The first-order valence-corrected chi connectivity index (χ1v) is 19.3. The fourth-order valence-corrected chi connectivity index (χ4v) is 9.99. The van der Waals surface area contributed by atoms with Crippen molar-refractivity contribution >= 4 is 38.8 Å². The molecule has 0 spiro atoms. The number of fused-ring (bicyclic) bond motifs is 1. The van der Waals surface area contributed by atoms with E-state index in [1.54, 1.807) is 12.1 Å². The largest absolute Gasteiger partial charge is 0.451 e. The van der Waals surface area contributed by atoms with E-state index < -0.39 is 22.2 Å². The molecule has 1 aromatic heterocycles. The number of ketones is 1. The number of carbonyl (C=O) groups excluding carboxylic acids is 3. The highest BCUT2D eigenvalue weighted by Gasteiger charge is 2.46. The van der Waals surface area contributed by atoms with Gasteiger partial charge in [0.2, 0.25) is 5.91 Å². The van der Waals surface area contributed by atoms with Crippen molar-refractivity contribution in [3.63, 3.8) is 0 Å². The molecule has 2 aliphatic carbocycles. The second kappa shape index (κ2) is 14.8. The molecule has 2 amide bonds. The van der Waals surface area contributed by atoms with E-state index in [4.69, 9.17) is 4.42 Å². The molecule has 47 heavy (non-hydrogen) atoms. The third kappa shape index (κ3) is 7.61. The van der Waals surface area contributed by atoms with Crippen LogP contribution < -0.4 is 4.72 Å². The maximum absolute atomic E-state index is 14.2. The lowest BCUT2D eigenvalue weighted by Gasteiger charge is -2.37. The summed E-state index contributed by atoms with van der Waals surface area (Å²) in [5, 5.41) is 0.610. The number of alkyl halides is 1. The molecule has 2 aliphatic heterocycles. The molecule has 2 saturated heterocycles. The third-order valence-electron chi connectivity index (χ3n) is 11.5. The summed E-state index contributed by atoms with van der Waals surface area (Å²) in [7, 11) is -3.96. The van der Waals surface area contributed by atoms with Gasteiger partial charge in [0.05, 0.1) is 12.7 Å². The predicted octanol–water partition coefficient (Wildman–Crippen LogP) is 6.21. The van der Waals surface area contributed by atoms with Crippen molar-refractivity contribution in [3.05, 3.63) is 35.6 Å². The Morgan fingerprint density at radius 1 is 0.915 bits per heavy atom. The summed E-state index contributed by atoms with van der Waals surface area (Å²) in [4.78, 5) is 43.0. The topological polar surface area (TPSA) is 117 Å². The van der Waals surface area contributed by atoms with Crippen molar-refractivity contribution in [3.8, 4) is 0 Å². The van der Waals surface area contributed by atoms with Gasteiger partial charge >= 0.3 is 16.1 Å². The summed E-state index contributed by atoms with van der Waals surface area (Å²) in [5.74, 6) is 0.0292. The summed E-state index contributed by atoms with van der Waals surface area (Å²) in [6.45, 7) is 3.00. The van der Waals surface area contributed by atoms with E-state index in [1.165, 1.54) is 29.6 Å². The maximum atomic E-state index is 14.2. The maximum Gasteiger partial charge on any atom is 0.304 e. The van der Waals surface area contributed by atoms with Crippen molar-refractivity contribution in [1.82, 2.24) is 13.9 Å². The first-order valence-electron chi connectivity index (χ1n) is 17.9. The van der Waals surface area contributed by atoms with Gasteiger partial charge in [0.15, 0.2) is 11.5 Å². The van der Waals surface area contributed by atoms with Gasteiger partial charge in [-0.3, -0.25) is 18.8 Å². The molecular weight excluding hydrogens is 621 g/mol. The normalized spacial score (nSPS) is 27.1. The molecule has 0 bridgehead atoms. The number of furan rings is 1. The van der Waals surface area contributed by atoms with Crippen molar-refractivity contribution in [2.24, 2.45) is 29.6 Å². The van der Waals surface area contributed by atoms with E-state index in [9.17, 15) is 27.2 Å². The van der Waals surface area contributed by atoms with Gasteiger partial charge in [-0.15, -0.1) is 0 Å². The lowest BCUT2D eigenvalue weighted by Crippen LogP contribution is -2.48. The number of amides is 2. The molecular formula is C36H50FN3O6S.